The quantitative estimate of drug-likeness (QED) is 0.382. The number of aryl methyl sites for hydroxylation is 1. The first kappa shape index (κ1) is 24.6. The van der Waals surface area contributed by atoms with Crippen molar-refractivity contribution >= 4 is 43.4 Å². The molecule has 1 atom stereocenters. The molecule has 0 saturated carbocycles. The van der Waals surface area contributed by atoms with Crippen LogP contribution in [0.1, 0.15) is 37.8 Å². The first-order valence-corrected chi connectivity index (χ1v) is 14.9. The van der Waals surface area contributed by atoms with Crippen molar-refractivity contribution in [3.8, 4) is 17.3 Å². The number of ether oxygens (including phenoxy) is 1. The molecule has 208 valence electrons. The van der Waals surface area contributed by atoms with Crippen LogP contribution >= 0.6 is 11.3 Å². The van der Waals surface area contributed by atoms with E-state index < -0.39 is 11.6 Å². The van der Waals surface area contributed by atoms with Gasteiger partial charge in [-0.2, -0.15) is 9.97 Å². The second kappa shape index (κ2) is 9.15. The Morgan fingerprint density at radius 2 is 1.93 bits per heavy atom. The predicted octanol–water partition coefficient (Wildman–Crippen LogP) is 3.89. The molecule has 4 aliphatic heterocycles. The van der Waals surface area contributed by atoms with Gasteiger partial charge in [-0.05, 0) is 63.7 Å². The number of pyridine rings is 1. The normalized spacial score (nSPS) is 22.1. The largest absolute Gasteiger partial charge is 0.461 e. The van der Waals surface area contributed by atoms with Crippen LogP contribution < -0.4 is 20.7 Å². The Morgan fingerprint density at radius 3 is 2.77 bits per heavy atom. The highest BCUT2D eigenvalue weighted by Gasteiger charge is 2.45. The number of halogens is 2. The fraction of sp³-hybridized carbons (Fsp3) is 0.500. The van der Waals surface area contributed by atoms with Gasteiger partial charge in [-0.3, -0.25) is 4.90 Å². The molecule has 0 radical (unpaired) electrons. The number of nitrogens with two attached hydrogens (primary N) is 1. The van der Waals surface area contributed by atoms with Crippen molar-refractivity contribution in [3.63, 3.8) is 0 Å². The van der Waals surface area contributed by atoms with E-state index in [2.05, 4.69) is 20.1 Å². The van der Waals surface area contributed by atoms with Crippen LogP contribution in [0.25, 0.3) is 32.4 Å². The van der Waals surface area contributed by atoms with Gasteiger partial charge in [-0.25, -0.2) is 18.7 Å². The first-order chi connectivity index (χ1) is 19.5. The Hall–Kier alpha value is -3.22. The van der Waals surface area contributed by atoms with Crippen molar-refractivity contribution in [2.45, 2.75) is 50.1 Å². The average molecular weight is 565 g/mol. The number of rotatable bonds is 4. The van der Waals surface area contributed by atoms with Crippen LogP contribution in [0.4, 0.5) is 19.7 Å². The molecule has 8 rings (SSSR count). The summed E-state index contributed by atoms with van der Waals surface area (Å²) in [4.78, 5) is 23.4. The number of aromatic nitrogens is 4. The number of fused-ring (bicyclic) bond motifs is 4. The van der Waals surface area contributed by atoms with E-state index in [0.29, 0.717) is 34.5 Å². The summed E-state index contributed by atoms with van der Waals surface area (Å²) < 4.78 is 38.0. The summed E-state index contributed by atoms with van der Waals surface area (Å²) in [7, 11) is 0. The van der Waals surface area contributed by atoms with Gasteiger partial charge in [0.15, 0.2) is 10.9 Å². The number of thiazole rings is 1. The summed E-state index contributed by atoms with van der Waals surface area (Å²) in [5, 5.41) is 4.34. The van der Waals surface area contributed by atoms with Crippen LogP contribution in [0.5, 0.6) is 6.01 Å². The number of hydrogen-bond donors (Lipinski definition) is 2. The molecule has 1 unspecified atom stereocenters. The molecular weight excluding hydrogens is 534 g/mol. The molecular formula is C28H30F2N8OS. The second-order valence-electron chi connectivity index (χ2n) is 11.4. The van der Waals surface area contributed by atoms with Crippen LogP contribution in [-0.4, -0.2) is 75.7 Å². The van der Waals surface area contributed by atoms with Crippen molar-refractivity contribution in [1.29, 1.82) is 0 Å². The van der Waals surface area contributed by atoms with Gasteiger partial charge in [0.05, 0.1) is 21.3 Å². The molecule has 1 aromatic carbocycles. The second-order valence-corrected chi connectivity index (χ2v) is 12.4. The SMILES string of the molecule is Nc1nc2c(F)ccc(-c3nc4c5c(nc(OCC67CCCN6CCC7)nc5c3F)N3CCNCC3CC4)c2s1. The van der Waals surface area contributed by atoms with Crippen LogP contribution in [0.15, 0.2) is 12.1 Å². The van der Waals surface area contributed by atoms with Crippen molar-refractivity contribution in [3.05, 3.63) is 29.5 Å². The van der Waals surface area contributed by atoms with Gasteiger partial charge in [-0.15, -0.1) is 0 Å². The molecule has 12 heteroatoms. The highest BCUT2D eigenvalue weighted by Crippen LogP contribution is 2.42. The summed E-state index contributed by atoms with van der Waals surface area (Å²) in [5.41, 5.74) is 7.59. The van der Waals surface area contributed by atoms with E-state index in [1.807, 2.05) is 0 Å². The number of piperazine rings is 1. The van der Waals surface area contributed by atoms with E-state index in [9.17, 15) is 4.39 Å². The molecule has 0 amide bonds. The third-order valence-corrected chi connectivity index (χ3v) is 10.1. The lowest BCUT2D eigenvalue weighted by Crippen LogP contribution is -2.51. The minimum absolute atomic E-state index is 0.0168. The maximum absolute atomic E-state index is 16.6. The molecule has 0 bridgehead atoms. The van der Waals surface area contributed by atoms with Gasteiger partial charge in [0.25, 0.3) is 0 Å². The van der Waals surface area contributed by atoms with Crippen LogP contribution in [0.2, 0.25) is 0 Å². The van der Waals surface area contributed by atoms with E-state index in [0.717, 1.165) is 81.9 Å². The topological polar surface area (TPSA) is 105 Å². The monoisotopic (exact) mass is 564 g/mol. The molecule has 3 fully saturated rings. The van der Waals surface area contributed by atoms with Crippen LogP contribution in [0, 0.1) is 11.6 Å². The first-order valence-electron chi connectivity index (χ1n) is 14.1. The summed E-state index contributed by atoms with van der Waals surface area (Å²) in [5.74, 6) is -0.374. The third kappa shape index (κ3) is 3.68. The minimum Gasteiger partial charge on any atom is -0.461 e. The summed E-state index contributed by atoms with van der Waals surface area (Å²) >= 11 is 1.13. The van der Waals surface area contributed by atoms with E-state index in [4.69, 9.17) is 25.4 Å². The molecule has 3 aromatic heterocycles. The zero-order valence-corrected chi connectivity index (χ0v) is 22.9. The molecule has 0 spiro atoms. The molecule has 7 heterocycles. The van der Waals surface area contributed by atoms with Crippen molar-refractivity contribution in [1.82, 2.24) is 30.2 Å². The fourth-order valence-corrected chi connectivity index (χ4v) is 8.14. The number of hydrogen-bond acceptors (Lipinski definition) is 10. The number of benzene rings is 1. The Balaban J connectivity index is 1.30. The van der Waals surface area contributed by atoms with Crippen molar-refractivity contribution in [2.75, 3.05) is 50.0 Å². The molecule has 3 saturated heterocycles. The van der Waals surface area contributed by atoms with Crippen molar-refractivity contribution < 1.29 is 13.5 Å². The van der Waals surface area contributed by atoms with Gasteiger partial charge in [0.2, 0.25) is 0 Å². The van der Waals surface area contributed by atoms with E-state index in [-0.39, 0.29) is 39.5 Å². The molecule has 40 heavy (non-hydrogen) atoms. The lowest BCUT2D eigenvalue weighted by molar-refractivity contribution is 0.108. The molecule has 4 aromatic rings. The maximum Gasteiger partial charge on any atom is 0.319 e. The van der Waals surface area contributed by atoms with Gasteiger partial charge >= 0.3 is 6.01 Å². The molecule has 4 aliphatic rings. The number of nitrogens with zero attached hydrogens (tertiary/aromatic N) is 6. The Kier molecular flexibility index (Phi) is 5.62. The Bertz CT molecular complexity index is 1650. The summed E-state index contributed by atoms with van der Waals surface area (Å²) in [6.45, 7) is 5.08. The van der Waals surface area contributed by atoms with E-state index >= 15 is 4.39 Å². The lowest BCUT2D eigenvalue weighted by Gasteiger charge is -2.36. The van der Waals surface area contributed by atoms with Gasteiger partial charge in [-0.1, -0.05) is 11.3 Å². The lowest BCUT2D eigenvalue weighted by atomic mass is 9.95. The predicted molar refractivity (Wildman–Crippen MR) is 151 cm³/mol. The molecule has 9 nitrogen and oxygen atoms in total. The highest BCUT2D eigenvalue weighted by atomic mass is 32.1. The molecule has 0 aliphatic carbocycles. The summed E-state index contributed by atoms with van der Waals surface area (Å²) in [6.07, 6.45) is 6.01. The fourth-order valence-electron chi connectivity index (χ4n) is 7.28. The summed E-state index contributed by atoms with van der Waals surface area (Å²) in [6, 6.07) is 3.25. The number of anilines is 2. The highest BCUT2D eigenvalue weighted by molar-refractivity contribution is 7.22. The Labute approximate surface area is 233 Å². The van der Waals surface area contributed by atoms with E-state index in [1.54, 1.807) is 6.07 Å². The van der Waals surface area contributed by atoms with Crippen molar-refractivity contribution in [2.24, 2.45) is 0 Å². The van der Waals surface area contributed by atoms with Gasteiger partial charge in [0, 0.05) is 31.2 Å². The van der Waals surface area contributed by atoms with Gasteiger partial charge < -0.3 is 20.7 Å². The minimum atomic E-state index is -0.567. The Morgan fingerprint density at radius 1 is 1.07 bits per heavy atom. The van der Waals surface area contributed by atoms with Crippen LogP contribution in [0.3, 0.4) is 0 Å². The smallest absolute Gasteiger partial charge is 0.319 e. The number of nitrogens with one attached hydrogen (secondary N) is 1. The van der Waals surface area contributed by atoms with E-state index in [1.165, 1.54) is 6.07 Å². The average Bonchev–Trinajstić information content (AvgIpc) is 3.63. The standard InChI is InChI=1S/C28H30F2N8OS/c29-17-5-4-16(24-22(17)34-26(31)40-24)21-20(30)23-19-18(33-21)6-3-15-13-32-9-12-38(15)25(19)36-27(35-23)39-14-28-7-1-10-37(28)11-2-8-28/h4-5,15,32H,1-3,6-14H2,(H2,31,34). The van der Waals surface area contributed by atoms with Crippen LogP contribution in [-0.2, 0) is 6.42 Å². The maximum atomic E-state index is 16.6. The van der Waals surface area contributed by atoms with Gasteiger partial charge in [0.1, 0.15) is 35.0 Å². The number of nitrogen functional groups attached to an aromatic ring is 1. The third-order valence-electron chi connectivity index (χ3n) is 9.20. The zero-order valence-electron chi connectivity index (χ0n) is 22.1. The molecule has 3 N–H and O–H groups in total. The zero-order chi connectivity index (χ0) is 27.0.